The van der Waals surface area contributed by atoms with E-state index in [4.69, 9.17) is 4.42 Å². The topological polar surface area (TPSA) is 16.4 Å². The molecular formula is C45H31NO. The first-order chi connectivity index (χ1) is 23.2. The zero-order chi connectivity index (χ0) is 31.3. The minimum Gasteiger partial charge on any atom is -0.454 e. The summed E-state index contributed by atoms with van der Waals surface area (Å²) in [4.78, 5) is 2.32. The minimum absolute atomic E-state index is 0.883. The van der Waals surface area contributed by atoms with Crippen LogP contribution in [0.25, 0.3) is 65.7 Å². The molecule has 1 aromatic heterocycles. The lowest BCUT2D eigenvalue weighted by molar-refractivity contribution is 0.669. The highest BCUT2D eigenvalue weighted by Crippen LogP contribution is 2.44. The molecule has 0 aliphatic rings. The van der Waals surface area contributed by atoms with Crippen LogP contribution in [0, 0.1) is 6.92 Å². The number of hydrogen-bond donors (Lipinski definition) is 0. The monoisotopic (exact) mass is 601 g/mol. The lowest BCUT2D eigenvalue weighted by atomic mass is 9.93. The lowest BCUT2D eigenvalue weighted by Crippen LogP contribution is -2.10. The molecule has 0 radical (unpaired) electrons. The van der Waals surface area contributed by atoms with Crippen LogP contribution < -0.4 is 4.90 Å². The van der Waals surface area contributed by atoms with Gasteiger partial charge in [-0.3, -0.25) is 0 Å². The van der Waals surface area contributed by atoms with E-state index in [1.807, 2.05) is 0 Å². The molecule has 0 unspecified atom stereocenters. The van der Waals surface area contributed by atoms with E-state index in [0.717, 1.165) is 33.6 Å². The summed E-state index contributed by atoms with van der Waals surface area (Å²) in [5, 5.41) is 7.36. The fraction of sp³-hybridized carbons (Fsp3) is 0.0222. The van der Waals surface area contributed by atoms with Crippen molar-refractivity contribution in [2.75, 3.05) is 4.90 Å². The number of benzene rings is 8. The molecule has 2 heteroatoms. The van der Waals surface area contributed by atoms with Gasteiger partial charge in [0.1, 0.15) is 5.58 Å². The normalized spacial score (nSPS) is 11.5. The van der Waals surface area contributed by atoms with Gasteiger partial charge in [-0.1, -0.05) is 127 Å². The number of furan rings is 1. The van der Waals surface area contributed by atoms with Crippen molar-refractivity contribution < 1.29 is 4.42 Å². The van der Waals surface area contributed by atoms with Crippen molar-refractivity contribution in [3.8, 4) is 22.3 Å². The maximum atomic E-state index is 6.62. The highest BCUT2D eigenvalue weighted by Gasteiger charge is 2.20. The number of nitrogens with zero attached hydrogens (tertiary/aromatic N) is 1. The summed E-state index contributed by atoms with van der Waals surface area (Å²) in [5.74, 6) is 0. The van der Waals surface area contributed by atoms with Crippen LogP contribution in [-0.2, 0) is 0 Å². The quantitative estimate of drug-likeness (QED) is 0.182. The molecule has 0 fully saturated rings. The Kier molecular flexibility index (Phi) is 6.39. The molecule has 1 heterocycles. The van der Waals surface area contributed by atoms with Gasteiger partial charge in [-0.25, -0.2) is 0 Å². The molecule has 9 aromatic rings. The van der Waals surface area contributed by atoms with E-state index in [-0.39, 0.29) is 0 Å². The van der Waals surface area contributed by atoms with Gasteiger partial charge < -0.3 is 9.32 Å². The molecule has 0 N–H and O–H groups in total. The van der Waals surface area contributed by atoms with E-state index in [2.05, 4.69) is 182 Å². The van der Waals surface area contributed by atoms with E-state index >= 15 is 0 Å². The lowest BCUT2D eigenvalue weighted by Gasteiger charge is -2.26. The molecule has 0 bridgehead atoms. The third kappa shape index (κ3) is 4.57. The average Bonchev–Trinajstić information content (AvgIpc) is 3.53. The van der Waals surface area contributed by atoms with Crippen molar-refractivity contribution in [3.63, 3.8) is 0 Å². The number of hydrogen-bond acceptors (Lipinski definition) is 2. The van der Waals surface area contributed by atoms with Crippen LogP contribution in [0.5, 0.6) is 0 Å². The highest BCUT2D eigenvalue weighted by atomic mass is 16.3. The van der Waals surface area contributed by atoms with Gasteiger partial charge in [0.05, 0.1) is 5.69 Å². The molecule has 0 aliphatic carbocycles. The Morgan fingerprint density at radius 3 is 1.81 bits per heavy atom. The van der Waals surface area contributed by atoms with Gasteiger partial charge in [0.2, 0.25) is 0 Å². The second kappa shape index (κ2) is 11.0. The molecular weight excluding hydrogens is 571 g/mol. The van der Waals surface area contributed by atoms with Crippen molar-refractivity contribution in [2.24, 2.45) is 0 Å². The summed E-state index contributed by atoms with van der Waals surface area (Å²) in [6.45, 7) is 2.15. The van der Waals surface area contributed by atoms with E-state index < -0.39 is 0 Å². The fourth-order valence-corrected chi connectivity index (χ4v) is 7.13. The van der Waals surface area contributed by atoms with E-state index in [0.29, 0.717) is 0 Å². The molecule has 0 atom stereocenters. The van der Waals surface area contributed by atoms with Gasteiger partial charge in [0.25, 0.3) is 0 Å². The molecule has 0 saturated carbocycles. The zero-order valence-corrected chi connectivity index (χ0v) is 26.0. The van der Waals surface area contributed by atoms with Gasteiger partial charge in [-0.15, -0.1) is 0 Å². The second-order valence-corrected chi connectivity index (χ2v) is 12.2. The van der Waals surface area contributed by atoms with Crippen LogP contribution in [0.3, 0.4) is 0 Å². The summed E-state index contributed by atoms with van der Waals surface area (Å²) in [6.07, 6.45) is 0. The van der Waals surface area contributed by atoms with Gasteiger partial charge in [0.15, 0.2) is 5.58 Å². The first-order valence-electron chi connectivity index (χ1n) is 16.1. The van der Waals surface area contributed by atoms with Gasteiger partial charge >= 0.3 is 0 Å². The molecule has 0 spiro atoms. The Labute approximate surface area is 273 Å². The van der Waals surface area contributed by atoms with E-state index in [1.165, 1.54) is 54.7 Å². The van der Waals surface area contributed by atoms with Gasteiger partial charge in [0, 0.05) is 22.1 Å². The van der Waals surface area contributed by atoms with Crippen molar-refractivity contribution in [2.45, 2.75) is 6.92 Å². The summed E-state index contributed by atoms with van der Waals surface area (Å²) in [6, 6.07) is 60.8. The van der Waals surface area contributed by atoms with Crippen LogP contribution in [0.15, 0.2) is 174 Å². The summed E-state index contributed by atoms with van der Waals surface area (Å²) >= 11 is 0. The first kappa shape index (κ1) is 27.2. The van der Waals surface area contributed by atoms with Crippen molar-refractivity contribution in [3.05, 3.63) is 175 Å². The Bertz CT molecular complexity index is 2560. The largest absolute Gasteiger partial charge is 0.454 e. The third-order valence-electron chi connectivity index (χ3n) is 9.39. The number of rotatable bonds is 5. The van der Waals surface area contributed by atoms with Crippen LogP contribution in [0.4, 0.5) is 17.1 Å². The molecule has 222 valence electrons. The third-order valence-corrected chi connectivity index (χ3v) is 9.39. The maximum Gasteiger partial charge on any atom is 0.159 e. The number of fused-ring (bicyclic) bond motifs is 6. The van der Waals surface area contributed by atoms with Crippen molar-refractivity contribution in [1.82, 2.24) is 0 Å². The van der Waals surface area contributed by atoms with Crippen LogP contribution in [0.1, 0.15) is 5.56 Å². The number of anilines is 3. The molecule has 0 aliphatic heterocycles. The van der Waals surface area contributed by atoms with Crippen LogP contribution in [0.2, 0.25) is 0 Å². The summed E-state index contributed by atoms with van der Waals surface area (Å²) in [7, 11) is 0. The zero-order valence-electron chi connectivity index (χ0n) is 26.0. The van der Waals surface area contributed by atoms with Crippen molar-refractivity contribution in [1.29, 1.82) is 0 Å². The van der Waals surface area contributed by atoms with Crippen LogP contribution in [-0.4, -0.2) is 0 Å². The van der Waals surface area contributed by atoms with E-state index in [1.54, 1.807) is 0 Å². The second-order valence-electron chi connectivity index (χ2n) is 12.2. The molecule has 47 heavy (non-hydrogen) atoms. The minimum atomic E-state index is 0.883. The molecule has 2 nitrogen and oxygen atoms in total. The Balaban J connectivity index is 1.22. The standard InChI is InChI=1S/C45H31NO/c1-30-11-9-20-43-44(30)40-18-10-19-42(45(40)47-43)46(35-25-21-32(22-26-35)31-12-3-2-4-13-31)36-27-23-33(24-28-36)41-29-34-14-5-6-15-37(34)38-16-7-8-17-39(38)41/h2-29H,1H3. The van der Waals surface area contributed by atoms with Crippen LogP contribution >= 0.6 is 0 Å². The van der Waals surface area contributed by atoms with E-state index in [9.17, 15) is 0 Å². The molecule has 0 amide bonds. The fourth-order valence-electron chi connectivity index (χ4n) is 7.13. The maximum absolute atomic E-state index is 6.62. The molecule has 8 aromatic carbocycles. The summed E-state index contributed by atoms with van der Waals surface area (Å²) in [5.41, 5.74) is 11.0. The van der Waals surface area contributed by atoms with Gasteiger partial charge in [-0.05, 0) is 98.8 Å². The first-order valence-corrected chi connectivity index (χ1v) is 16.1. The predicted octanol–water partition coefficient (Wildman–Crippen LogP) is 13.0. The molecule has 0 saturated heterocycles. The number of para-hydroxylation sites is 1. The molecule has 9 rings (SSSR count). The summed E-state index contributed by atoms with van der Waals surface area (Å²) < 4.78 is 6.62. The SMILES string of the molecule is Cc1cccc2oc3c(N(c4ccc(-c5ccccc5)cc4)c4ccc(-c5cc6ccccc6c6ccccc56)cc4)cccc3c12. The highest BCUT2D eigenvalue weighted by molar-refractivity contribution is 6.14. The Morgan fingerprint density at radius 1 is 0.447 bits per heavy atom. The Morgan fingerprint density at radius 2 is 1.04 bits per heavy atom. The Hall–Kier alpha value is -6.12. The predicted molar refractivity (Wildman–Crippen MR) is 199 cm³/mol. The average molecular weight is 602 g/mol. The van der Waals surface area contributed by atoms with Crippen molar-refractivity contribution >= 4 is 60.5 Å². The smallest absolute Gasteiger partial charge is 0.159 e. The number of aryl methyl sites for hydroxylation is 1. The van der Waals surface area contributed by atoms with Gasteiger partial charge in [-0.2, -0.15) is 0 Å².